The average Bonchev–Trinajstić information content (AvgIpc) is 2.50. The van der Waals surface area contributed by atoms with Crippen LogP contribution in [0.15, 0.2) is 12.1 Å². The van der Waals surface area contributed by atoms with Crippen LogP contribution in [-0.2, 0) is 4.79 Å². The van der Waals surface area contributed by atoms with Gasteiger partial charge in [0.2, 0.25) is 5.75 Å². The molecule has 21 heavy (non-hydrogen) atoms. The van der Waals surface area contributed by atoms with E-state index in [9.17, 15) is 4.79 Å². The SMILES string of the molecule is COc1ccc([C@@H]2[C@@H](C)C(=O)CCN2C)c(OC)c1OC. The molecule has 1 fully saturated rings. The van der Waals surface area contributed by atoms with Crippen LogP contribution in [0.25, 0.3) is 0 Å². The van der Waals surface area contributed by atoms with E-state index < -0.39 is 0 Å². The van der Waals surface area contributed by atoms with E-state index in [2.05, 4.69) is 4.90 Å². The fourth-order valence-electron chi connectivity index (χ4n) is 3.08. The monoisotopic (exact) mass is 293 g/mol. The summed E-state index contributed by atoms with van der Waals surface area (Å²) >= 11 is 0. The number of methoxy groups -OCH3 is 3. The summed E-state index contributed by atoms with van der Waals surface area (Å²) in [5.41, 5.74) is 0.957. The Hall–Kier alpha value is -1.75. The Bertz CT molecular complexity index is 529. The first-order chi connectivity index (χ1) is 10.0. The highest BCUT2D eigenvalue weighted by atomic mass is 16.5. The summed E-state index contributed by atoms with van der Waals surface area (Å²) in [4.78, 5) is 14.3. The third-order valence-electron chi connectivity index (χ3n) is 4.22. The topological polar surface area (TPSA) is 48.0 Å². The molecule has 1 aliphatic rings. The van der Waals surface area contributed by atoms with Crippen molar-refractivity contribution in [2.24, 2.45) is 5.92 Å². The van der Waals surface area contributed by atoms with Crippen LogP contribution in [-0.4, -0.2) is 45.6 Å². The highest BCUT2D eigenvalue weighted by molar-refractivity contribution is 5.83. The molecule has 1 aliphatic heterocycles. The summed E-state index contributed by atoms with van der Waals surface area (Å²) in [6, 6.07) is 3.80. The van der Waals surface area contributed by atoms with E-state index in [-0.39, 0.29) is 17.7 Å². The largest absolute Gasteiger partial charge is 0.493 e. The lowest BCUT2D eigenvalue weighted by Crippen LogP contribution is -2.40. The average molecular weight is 293 g/mol. The summed E-state index contributed by atoms with van der Waals surface area (Å²) in [5, 5.41) is 0. The third kappa shape index (κ3) is 2.70. The molecule has 2 atom stereocenters. The molecule has 5 heteroatoms. The number of benzene rings is 1. The van der Waals surface area contributed by atoms with Crippen molar-refractivity contribution in [3.8, 4) is 17.2 Å². The van der Waals surface area contributed by atoms with Crippen LogP contribution in [0.1, 0.15) is 24.9 Å². The molecule has 1 aromatic carbocycles. The zero-order valence-corrected chi connectivity index (χ0v) is 13.3. The summed E-state index contributed by atoms with van der Waals surface area (Å²) in [6.07, 6.45) is 0.601. The van der Waals surface area contributed by atoms with Gasteiger partial charge < -0.3 is 14.2 Å². The van der Waals surface area contributed by atoms with Crippen molar-refractivity contribution < 1.29 is 19.0 Å². The number of likely N-dealkylation sites (tertiary alicyclic amines) is 1. The second kappa shape index (κ2) is 6.35. The molecule has 2 rings (SSSR count). The van der Waals surface area contributed by atoms with E-state index >= 15 is 0 Å². The second-order valence-electron chi connectivity index (χ2n) is 5.35. The maximum atomic E-state index is 12.1. The molecule has 0 saturated carbocycles. The summed E-state index contributed by atoms with van der Waals surface area (Å²) < 4.78 is 16.3. The molecular weight excluding hydrogens is 270 g/mol. The van der Waals surface area contributed by atoms with Gasteiger partial charge >= 0.3 is 0 Å². The van der Waals surface area contributed by atoms with Crippen molar-refractivity contribution in [2.45, 2.75) is 19.4 Å². The van der Waals surface area contributed by atoms with E-state index in [1.807, 2.05) is 26.1 Å². The lowest BCUT2D eigenvalue weighted by molar-refractivity contribution is -0.127. The molecule has 0 spiro atoms. The van der Waals surface area contributed by atoms with Gasteiger partial charge in [0.25, 0.3) is 0 Å². The molecule has 0 unspecified atom stereocenters. The number of carbonyl (C=O) groups is 1. The van der Waals surface area contributed by atoms with Crippen LogP contribution < -0.4 is 14.2 Å². The van der Waals surface area contributed by atoms with Crippen molar-refractivity contribution in [1.82, 2.24) is 4.90 Å². The van der Waals surface area contributed by atoms with Crippen molar-refractivity contribution in [1.29, 1.82) is 0 Å². The lowest BCUT2D eigenvalue weighted by atomic mass is 9.85. The van der Waals surface area contributed by atoms with Crippen LogP contribution >= 0.6 is 0 Å². The Morgan fingerprint density at radius 2 is 1.76 bits per heavy atom. The first kappa shape index (κ1) is 15.6. The highest BCUT2D eigenvalue weighted by Gasteiger charge is 2.36. The van der Waals surface area contributed by atoms with Gasteiger partial charge in [0, 0.05) is 30.5 Å². The van der Waals surface area contributed by atoms with Gasteiger partial charge in [0.05, 0.1) is 21.3 Å². The fourth-order valence-corrected chi connectivity index (χ4v) is 3.08. The maximum absolute atomic E-state index is 12.1. The number of rotatable bonds is 4. The van der Waals surface area contributed by atoms with E-state index in [0.29, 0.717) is 23.7 Å². The minimum absolute atomic E-state index is 0.0130. The Kier molecular flexibility index (Phi) is 4.73. The molecule has 0 N–H and O–H groups in total. The lowest BCUT2D eigenvalue weighted by Gasteiger charge is -2.37. The zero-order chi connectivity index (χ0) is 15.6. The Labute approximate surface area is 125 Å². The van der Waals surface area contributed by atoms with Crippen molar-refractivity contribution in [2.75, 3.05) is 34.9 Å². The first-order valence-corrected chi connectivity index (χ1v) is 7.07. The molecule has 1 aromatic rings. The van der Waals surface area contributed by atoms with E-state index in [1.54, 1.807) is 21.3 Å². The molecule has 0 aromatic heterocycles. The summed E-state index contributed by atoms with van der Waals surface area (Å²) in [7, 11) is 6.82. The zero-order valence-electron chi connectivity index (χ0n) is 13.3. The predicted octanol–water partition coefficient (Wildman–Crippen LogP) is 2.29. The maximum Gasteiger partial charge on any atom is 0.203 e. The molecule has 0 amide bonds. The number of Topliss-reactive ketones (excluding diaryl/α,β-unsaturated/α-hetero) is 1. The molecule has 116 valence electrons. The highest BCUT2D eigenvalue weighted by Crippen LogP contribution is 2.46. The number of nitrogens with zero attached hydrogens (tertiary/aromatic N) is 1. The smallest absolute Gasteiger partial charge is 0.203 e. The quantitative estimate of drug-likeness (QED) is 0.852. The van der Waals surface area contributed by atoms with Gasteiger partial charge in [-0.05, 0) is 19.2 Å². The van der Waals surface area contributed by atoms with Crippen LogP contribution in [0.3, 0.4) is 0 Å². The number of piperidine rings is 1. The van der Waals surface area contributed by atoms with Crippen LogP contribution in [0, 0.1) is 5.92 Å². The van der Waals surface area contributed by atoms with Crippen LogP contribution in [0.4, 0.5) is 0 Å². The van der Waals surface area contributed by atoms with Crippen molar-refractivity contribution in [3.05, 3.63) is 17.7 Å². The Morgan fingerprint density at radius 3 is 2.33 bits per heavy atom. The standard InChI is InChI=1S/C16H23NO4/c1-10-12(18)8-9-17(2)14(10)11-6-7-13(19-3)16(21-5)15(11)20-4/h6-7,10,14H,8-9H2,1-5H3/t10-,14-/m0/s1. The fraction of sp³-hybridized carbons (Fsp3) is 0.562. The van der Waals surface area contributed by atoms with Gasteiger partial charge in [-0.3, -0.25) is 9.69 Å². The van der Waals surface area contributed by atoms with E-state index in [0.717, 1.165) is 12.1 Å². The predicted molar refractivity (Wildman–Crippen MR) is 80.3 cm³/mol. The summed E-state index contributed by atoms with van der Waals surface area (Å²) in [6.45, 7) is 2.73. The minimum Gasteiger partial charge on any atom is -0.493 e. The van der Waals surface area contributed by atoms with Gasteiger partial charge in [0.15, 0.2) is 11.5 Å². The Morgan fingerprint density at radius 1 is 1.10 bits per heavy atom. The van der Waals surface area contributed by atoms with Gasteiger partial charge in [-0.1, -0.05) is 6.92 Å². The number of ketones is 1. The van der Waals surface area contributed by atoms with Gasteiger partial charge in [-0.15, -0.1) is 0 Å². The molecule has 5 nitrogen and oxygen atoms in total. The number of carbonyl (C=O) groups excluding carboxylic acids is 1. The Balaban J connectivity index is 2.54. The molecule has 1 saturated heterocycles. The van der Waals surface area contributed by atoms with E-state index in [4.69, 9.17) is 14.2 Å². The summed E-state index contributed by atoms with van der Waals surface area (Å²) in [5.74, 6) is 2.03. The number of ether oxygens (including phenoxy) is 3. The number of hydrogen-bond acceptors (Lipinski definition) is 5. The van der Waals surface area contributed by atoms with Gasteiger partial charge in [-0.25, -0.2) is 0 Å². The molecule has 0 aliphatic carbocycles. The minimum atomic E-state index is -0.0734. The van der Waals surface area contributed by atoms with Crippen LogP contribution in [0.5, 0.6) is 17.2 Å². The van der Waals surface area contributed by atoms with Crippen molar-refractivity contribution >= 4 is 5.78 Å². The van der Waals surface area contributed by atoms with Crippen molar-refractivity contribution in [3.63, 3.8) is 0 Å². The normalized spacial score (nSPS) is 23.0. The molecular formula is C16H23NO4. The molecule has 1 heterocycles. The van der Waals surface area contributed by atoms with Gasteiger partial charge in [0.1, 0.15) is 5.78 Å². The van der Waals surface area contributed by atoms with Crippen LogP contribution in [0.2, 0.25) is 0 Å². The number of hydrogen-bond donors (Lipinski definition) is 0. The van der Waals surface area contributed by atoms with Gasteiger partial charge in [-0.2, -0.15) is 0 Å². The second-order valence-corrected chi connectivity index (χ2v) is 5.35. The first-order valence-electron chi connectivity index (χ1n) is 7.07. The molecule has 0 bridgehead atoms. The molecule has 0 radical (unpaired) electrons. The third-order valence-corrected chi connectivity index (χ3v) is 4.22. The van der Waals surface area contributed by atoms with E-state index in [1.165, 1.54) is 0 Å².